The normalized spacial score (nSPS) is 19.1. The number of aryl methyl sites for hydroxylation is 2. The Hall–Kier alpha value is -2.44. The zero-order valence-corrected chi connectivity index (χ0v) is 24.6. The summed E-state index contributed by atoms with van der Waals surface area (Å²) in [4.78, 5) is 0. The maximum absolute atomic E-state index is 14.8. The summed E-state index contributed by atoms with van der Waals surface area (Å²) >= 11 is 0. The molecule has 4 aromatic rings. The van der Waals surface area contributed by atoms with Gasteiger partial charge in [-0.05, 0) is 91.5 Å². The van der Waals surface area contributed by atoms with Crippen LogP contribution < -0.4 is 15.7 Å². The van der Waals surface area contributed by atoms with E-state index < -0.39 is 16.0 Å². The standard InChI is InChI=1S/C34H37F2NP2/c1-25-13-17-27(18-14-25)31-21-22-32(28-19-15-26(2)16-20-28)39(31)37-23-7-8-24-38(33-11-5-3-9-29(33)35)34-12-6-4-10-30(34)36/h3-6,9-20,31-32,37H,7-8,21-24H2,1-2H3. The van der Waals surface area contributed by atoms with Crippen LogP contribution in [-0.4, -0.2) is 12.7 Å². The molecular formula is C34H37F2NP2. The van der Waals surface area contributed by atoms with E-state index in [9.17, 15) is 8.78 Å². The molecule has 1 aliphatic rings. The molecule has 0 bridgehead atoms. The number of halogens is 2. The second-order valence-corrected chi connectivity index (χ2v) is 15.2. The second-order valence-electron chi connectivity index (χ2n) is 10.5. The van der Waals surface area contributed by atoms with Gasteiger partial charge in [0.2, 0.25) is 0 Å². The van der Waals surface area contributed by atoms with Crippen molar-refractivity contribution in [3.05, 3.63) is 131 Å². The Labute approximate surface area is 234 Å². The molecule has 202 valence electrons. The highest BCUT2D eigenvalue weighted by molar-refractivity contribution is 7.73. The first-order valence-corrected chi connectivity index (χ1v) is 16.9. The monoisotopic (exact) mass is 559 g/mol. The van der Waals surface area contributed by atoms with Crippen LogP contribution in [0.5, 0.6) is 0 Å². The third kappa shape index (κ3) is 6.83. The van der Waals surface area contributed by atoms with Gasteiger partial charge in [-0.15, -0.1) is 0 Å². The Kier molecular flexibility index (Phi) is 9.57. The lowest BCUT2D eigenvalue weighted by Crippen LogP contribution is -2.20. The molecule has 2 atom stereocenters. The molecule has 5 rings (SSSR count). The average molecular weight is 560 g/mol. The molecule has 0 aromatic heterocycles. The Bertz CT molecular complexity index is 1260. The molecule has 1 fully saturated rings. The Balaban J connectivity index is 1.27. The van der Waals surface area contributed by atoms with Gasteiger partial charge in [-0.1, -0.05) is 96.1 Å². The van der Waals surface area contributed by atoms with E-state index in [1.54, 1.807) is 12.1 Å². The fourth-order valence-electron chi connectivity index (χ4n) is 5.58. The molecule has 0 radical (unpaired) electrons. The zero-order valence-electron chi connectivity index (χ0n) is 22.8. The minimum absolute atomic E-state index is 0.235. The Morgan fingerprint density at radius 3 is 1.59 bits per heavy atom. The van der Waals surface area contributed by atoms with Crippen molar-refractivity contribution in [1.82, 2.24) is 5.09 Å². The van der Waals surface area contributed by atoms with Gasteiger partial charge in [-0.2, -0.15) is 0 Å². The average Bonchev–Trinajstić information content (AvgIpc) is 3.36. The fraction of sp³-hybridized carbons (Fsp3) is 0.294. The van der Waals surface area contributed by atoms with Crippen LogP contribution in [0, 0.1) is 25.5 Å². The van der Waals surface area contributed by atoms with E-state index in [-0.39, 0.29) is 11.6 Å². The molecule has 0 saturated carbocycles. The molecule has 0 aliphatic carbocycles. The lowest BCUT2D eigenvalue weighted by atomic mass is 10.0. The molecule has 0 spiro atoms. The van der Waals surface area contributed by atoms with E-state index in [2.05, 4.69) is 67.5 Å². The molecule has 5 heteroatoms. The highest BCUT2D eigenvalue weighted by Crippen LogP contribution is 2.67. The number of nitrogens with one attached hydrogen (secondary N) is 1. The molecule has 1 aliphatic heterocycles. The van der Waals surface area contributed by atoms with Crippen molar-refractivity contribution in [3.8, 4) is 0 Å². The van der Waals surface area contributed by atoms with Crippen molar-refractivity contribution in [1.29, 1.82) is 0 Å². The van der Waals surface area contributed by atoms with Crippen LogP contribution in [0.4, 0.5) is 8.78 Å². The number of hydrogen-bond donors (Lipinski definition) is 1. The minimum Gasteiger partial charge on any atom is -0.295 e. The molecule has 4 aromatic carbocycles. The van der Waals surface area contributed by atoms with Gasteiger partial charge in [-0.25, -0.2) is 8.78 Å². The Morgan fingerprint density at radius 2 is 1.13 bits per heavy atom. The summed E-state index contributed by atoms with van der Waals surface area (Å²) in [5.41, 5.74) is 6.56. The Morgan fingerprint density at radius 1 is 0.667 bits per heavy atom. The number of unbranched alkanes of at least 4 members (excludes halogenated alkanes) is 1. The maximum Gasteiger partial charge on any atom is 0.131 e. The van der Waals surface area contributed by atoms with Crippen molar-refractivity contribution in [2.75, 3.05) is 12.7 Å². The predicted molar refractivity (Wildman–Crippen MR) is 165 cm³/mol. The highest BCUT2D eigenvalue weighted by atomic mass is 31.1. The van der Waals surface area contributed by atoms with Crippen molar-refractivity contribution < 1.29 is 8.78 Å². The molecule has 1 N–H and O–H groups in total. The van der Waals surface area contributed by atoms with E-state index in [0.717, 1.165) is 25.5 Å². The van der Waals surface area contributed by atoms with Gasteiger partial charge in [0.05, 0.1) is 0 Å². The summed E-state index contributed by atoms with van der Waals surface area (Å²) in [5, 5.41) is 5.29. The van der Waals surface area contributed by atoms with E-state index in [4.69, 9.17) is 0 Å². The minimum atomic E-state index is -1.09. The van der Waals surface area contributed by atoms with Gasteiger partial charge in [0.25, 0.3) is 0 Å². The number of benzene rings is 4. The maximum atomic E-state index is 14.8. The second kappa shape index (κ2) is 13.3. The quantitative estimate of drug-likeness (QED) is 0.151. The summed E-state index contributed by atoms with van der Waals surface area (Å²) in [6, 6.07) is 31.9. The van der Waals surface area contributed by atoms with E-state index in [0.29, 0.717) is 21.9 Å². The zero-order chi connectivity index (χ0) is 27.2. The summed E-state index contributed by atoms with van der Waals surface area (Å²) in [6.45, 7) is 5.21. The van der Waals surface area contributed by atoms with Crippen LogP contribution in [0.15, 0.2) is 97.1 Å². The lowest BCUT2D eigenvalue weighted by molar-refractivity contribution is 0.634. The van der Waals surface area contributed by atoms with Crippen LogP contribution in [0.25, 0.3) is 0 Å². The largest absolute Gasteiger partial charge is 0.295 e. The van der Waals surface area contributed by atoms with Gasteiger partial charge >= 0.3 is 0 Å². The van der Waals surface area contributed by atoms with Gasteiger partial charge in [0.15, 0.2) is 0 Å². The van der Waals surface area contributed by atoms with Crippen molar-refractivity contribution in [3.63, 3.8) is 0 Å². The first-order valence-electron chi connectivity index (χ1n) is 13.9. The van der Waals surface area contributed by atoms with Crippen molar-refractivity contribution in [2.45, 2.75) is 50.8 Å². The van der Waals surface area contributed by atoms with Gasteiger partial charge in [0, 0.05) is 21.9 Å². The molecular weight excluding hydrogens is 522 g/mol. The van der Waals surface area contributed by atoms with E-state index in [1.165, 1.54) is 47.2 Å². The third-order valence-corrected chi connectivity index (χ3v) is 13.4. The topological polar surface area (TPSA) is 12.0 Å². The highest BCUT2D eigenvalue weighted by Gasteiger charge is 2.37. The molecule has 1 nitrogen and oxygen atoms in total. The first kappa shape index (κ1) is 28.1. The summed E-state index contributed by atoms with van der Waals surface area (Å²) in [5.74, 6) is -0.470. The van der Waals surface area contributed by atoms with Crippen molar-refractivity contribution in [2.24, 2.45) is 0 Å². The number of hydrogen-bond acceptors (Lipinski definition) is 1. The predicted octanol–water partition coefficient (Wildman–Crippen LogP) is 9.06. The molecule has 0 amide bonds. The molecule has 1 heterocycles. The van der Waals surface area contributed by atoms with Crippen LogP contribution in [0.2, 0.25) is 0 Å². The van der Waals surface area contributed by atoms with Gasteiger partial charge in [0.1, 0.15) is 11.6 Å². The SMILES string of the molecule is Cc1ccc(C2CCC(c3ccc(C)cc3)P2NCCCCP(c2ccccc2F)c2ccccc2F)cc1. The smallest absolute Gasteiger partial charge is 0.131 e. The fourth-order valence-corrected chi connectivity index (χ4v) is 11.2. The molecule has 39 heavy (non-hydrogen) atoms. The van der Waals surface area contributed by atoms with Crippen LogP contribution in [0.1, 0.15) is 59.3 Å². The van der Waals surface area contributed by atoms with Gasteiger partial charge < -0.3 is 0 Å². The number of rotatable bonds is 10. The van der Waals surface area contributed by atoms with E-state index in [1.807, 2.05) is 24.3 Å². The van der Waals surface area contributed by atoms with Gasteiger partial charge in [-0.3, -0.25) is 5.09 Å². The summed E-state index contributed by atoms with van der Waals surface area (Å²) < 4.78 is 29.6. The third-order valence-electron chi connectivity index (χ3n) is 7.70. The van der Waals surface area contributed by atoms with Crippen LogP contribution >= 0.6 is 16.0 Å². The first-order chi connectivity index (χ1) is 19.0. The van der Waals surface area contributed by atoms with Crippen LogP contribution in [-0.2, 0) is 0 Å². The molecule has 1 saturated heterocycles. The summed E-state index contributed by atoms with van der Waals surface area (Å²) in [6.07, 6.45) is 5.09. The van der Waals surface area contributed by atoms with E-state index >= 15 is 0 Å². The lowest BCUT2D eigenvalue weighted by Gasteiger charge is -2.28. The summed E-state index contributed by atoms with van der Waals surface area (Å²) in [7, 11) is -1.53. The van der Waals surface area contributed by atoms with Crippen molar-refractivity contribution >= 4 is 26.6 Å². The van der Waals surface area contributed by atoms with Crippen LogP contribution in [0.3, 0.4) is 0 Å². The molecule has 2 unspecified atom stereocenters.